The minimum absolute atomic E-state index is 0.178. The van der Waals surface area contributed by atoms with Crippen molar-refractivity contribution in [3.63, 3.8) is 0 Å². The van der Waals surface area contributed by atoms with Crippen LogP contribution in [0.4, 0.5) is 0 Å². The lowest BCUT2D eigenvalue weighted by Crippen LogP contribution is -2.25. The number of rotatable bonds is 3. The fourth-order valence-corrected chi connectivity index (χ4v) is 1.98. The smallest absolute Gasteiger partial charge is 0.186 e. The maximum atomic E-state index is 12.2. The van der Waals surface area contributed by atoms with Gasteiger partial charge in [0, 0.05) is 11.6 Å². The highest BCUT2D eigenvalue weighted by atomic mass is 16.1. The zero-order chi connectivity index (χ0) is 11.9. The molecule has 1 aliphatic rings. The van der Waals surface area contributed by atoms with Gasteiger partial charge in [-0.3, -0.25) is 9.48 Å². The summed E-state index contributed by atoms with van der Waals surface area (Å²) in [4.78, 5) is 12.2. The molecule has 1 atom stereocenters. The Kier molecular flexibility index (Phi) is 2.64. The average molecular weight is 220 g/mol. The minimum Gasteiger partial charge on any atom is -0.292 e. The molecule has 1 aromatic rings. The van der Waals surface area contributed by atoms with Crippen molar-refractivity contribution in [1.82, 2.24) is 9.78 Å². The summed E-state index contributed by atoms with van der Waals surface area (Å²) in [6.45, 7) is 8.02. The summed E-state index contributed by atoms with van der Waals surface area (Å²) in [5, 5.41) is 4.31. The molecule has 0 amide bonds. The molecule has 1 unspecified atom stereocenters. The van der Waals surface area contributed by atoms with Crippen molar-refractivity contribution in [3.8, 4) is 0 Å². The fraction of sp³-hybridized carbons (Fsp3) is 0.692. The highest BCUT2D eigenvalue weighted by molar-refractivity contribution is 5.98. The number of aromatic nitrogens is 2. The van der Waals surface area contributed by atoms with Crippen LogP contribution < -0.4 is 0 Å². The van der Waals surface area contributed by atoms with Crippen LogP contribution in [0.3, 0.4) is 0 Å². The average Bonchev–Trinajstić information content (AvgIpc) is 2.92. The third kappa shape index (κ3) is 2.04. The second-order valence-corrected chi connectivity index (χ2v) is 5.82. The lowest BCUT2D eigenvalue weighted by molar-refractivity contribution is 0.0843. The molecule has 3 heteroatoms. The van der Waals surface area contributed by atoms with Crippen molar-refractivity contribution in [2.24, 2.45) is 11.3 Å². The third-order valence-electron chi connectivity index (χ3n) is 3.27. The molecule has 1 aromatic heterocycles. The first-order chi connectivity index (χ1) is 7.41. The predicted octanol–water partition coefficient (Wildman–Crippen LogP) is 3.08. The predicted molar refractivity (Wildman–Crippen MR) is 63.4 cm³/mol. The summed E-state index contributed by atoms with van der Waals surface area (Å²) < 4.78 is 1.91. The first-order valence-electron chi connectivity index (χ1n) is 5.99. The molecular weight excluding hydrogens is 200 g/mol. The number of hydrogen-bond acceptors (Lipinski definition) is 2. The van der Waals surface area contributed by atoms with Gasteiger partial charge >= 0.3 is 0 Å². The molecular formula is C13H20N2O. The summed E-state index contributed by atoms with van der Waals surface area (Å²) in [5.41, 5.74) is 0.424. The topological polar surface area (TPSA) is 34.9 Å². The normalized spacial score (nSPS) is 18.5. The van der Waals surface area contributed by atoms with Crippen molar-refractivity contribution in [2.45, 2.75) is 46.6 Å². The van der Waals surface area contributed by atoms with Gasteiger partial charge in [-0.25, -0.2) is 0 Å². The van der Waals surface area contributed by atoms with Crippen LogP contribution in [0.15, 0.2) is 12.3 Å². The van der Waals surface area contributed by atoms with Gasteiger partial charge in [0.2, 0.25) is 0 Å². The van der Waals surface area contributed by atoms with Crippen LogP contribution in [0.25, 0.3) is 0 Å². The quantitative estimate of drug-likeness (QED) is 0.734. The number of nitrogens with zero attached hydrogens (tertiary/aromatic N) is 2. The van der Waals surface area contributed by atoms with E-state index in [4.69, 9.17) is 0 Å². The third-order valence-corrected chi connectivity index (χ3v) is 3.27. The van der Waals surface area contributed by atoms with E-state index in [1.807, 2.05) is 31.5 Å². The van der Waals surface area contributed by atoms with E-state index in [1.54, 1.807) is 6.20 Å². The Morgan fingerprint density at radius 2 is 2.12 bits per heavy atom. The van der Waals surface area contributed by atoms with Crippen molar-refractivity contribution in [2.75, 3.05) is 0 Å². The van der Waals surface area contributed by atoms with Crippen molar-refractivity contribution in [3.05, 3.63) is 18.0 Å². The molecule has 1 saturated carbocycles. The number of Topliss-reactive ketones (excluding diaryl/α,β-unsaturated/α-hetero) is 1. The molecule has 0 spiro atoms. The number of carbonyl (C=O) groups excluding carboxylic acids is 1. The van der Waals surface area contributed by atoms with E-state index in [-0.39, 0.29) is 11.2 Å². The Morgan fingerprint density at radius 3 is 2.62 bits per heavy atom. The van der Waals surface area contributed by atoms with Crippen molar-refractivity contribution < 1.29 is 4.79 Å². The van der Waals surface area contributed by atoms with E-state index in [2.05, 4.69) is 12.0 Å². The van der Waals surface area contributed by atoms with Gasteiger partial charge in [-0.1, -0.05) is 20.8 Å². The Bertz CT molecular complexity index is 396. The Balaban J connectivity index is 2.28. The van der Waals surface area contributed by atoms with Crippen LogP contribution in [0.2, 0.25) is 0 Å². The molecule has 3 nitrogen and oxygen atoms in total. The molecule has 0 radical (unpaired) electrons. The summed E-state index contributed by atoms with van der Waals surface area (Å²) in [7, 11) is 0. The summed E-state index contributed by atoms with van der Waals surface area (Å²) >= 11 is 0. The fourth-order valence-electron chi connectivity index (χ4n) is 1.98. The van der Waals surface area contributed by atoms with E-state index in [1.165, 1.54) is 12.8 Å². The van der Waals surface area contributed by atoms with E-state index in [0.717, 1.165) is 5.69 Å². The van der Waals surface area contributed by atoms with Crippen LogP contribution in [-0.2, 0) is 0 Å². The standard InChI is InChI=1S/C13H20N2O/c1-9(10-5-6-10)15-11(7-8-14-15)12(16)13(2,3)4/h7-10H,5-6H2,1-4H3. The van der Waals surface area contributed by atoms with Crippen LogP contribution in [0.1, 0.15) is 57.1 Å². The van der Waals surface area contributed by atoms with Gasteiger partial charge < -0.3 is 0 Å². The molecule has 0 N–H and O–H groups in total. The zero-order valence-corrected chi connectivity index (χ0v) is 10.5. The second-order valence-electron chi connectivity index (χ2n) is 5.82. The first-order valence-corrected chi connectivity index (χ1v) is 5.99. The molecule has 1 aliphatic carbocycles. The molecule has 0 aromatic carbocycles. The summed E-state index contributed by atoms with van der Waals surface area (Å²) in [6, 6.07) is 2.20. The van der Waals surface area contributed by atoms with Gasteiger partial charge in [0.05, 0.1) is 6.04 Å². The molecule has 16 heavy (non-hydrogen) atoms. The van der Waals surface area contributed by atoms with E-state index >= 15 is 0 Å². The maximum absolute atomic E-state index is 12.2. The summed E-state index contributed by atoms with van der Waals surface area (Å²) in [5.74, 6) is 0.893. The van der Waals surface area contributed by atoms with E-state index in [0.29, 0.717) is 12.0 Å². The Labute approximate surface area is 96.8 Å². The lowest BCUT2D eigenvalue weighted by atomic mass is 9.89. The molecule has 1 fully saturated rings. The number of carbonyl (C=O) groups is 1. The first kappa shape index (κ1) is 11.4. The van der Waals surface area contributed by atoms with Gasteiger partial charge in [-0.05, 0) is 31.7 Å². The van der Waals surface area contributed by atoms with Crippen LogP contribution in [0.5, 0.6) is 0 Å². The molecule has 0 bridgehead atoms. The summed E-state index contributed by atoms with van der Waals surface area (Å²) in [6.07, 6.45) is 4.27. The molecule has 1 heterocycles. The van der Waals surface area contributed by atoms with Crippen molar-refractivity contribution >= 4 is 5.78 Å². The van der Waals surface area contributed by atoms with Crippen LogP contribution >= 0.6 is 0 Å². The Hall–Kier alpha value is -1.12. The zero-order valence-electron chi connectivity index (χ0n) is 10.5. The van der Waals surface area contributed by atoms with Gasteiger partial charge in [0.25, 0.3) is 0 Å². The largest absolute Gasteiger partial charge is 0.292 e. The van der Waals surface area contributed by atoms with Gasteiger partial charge in [0.1, 0.15) is 5.69 Å². The second kappa shape index (κ2) is 3.72. The highest BCUT2D eigenvalue weighted by Gasteiger charge is 2.33. The number of hydrogen-bond donors (Lipinski definition) is 0. The highest BCUT2D eigenvalue weighted by Crippen LogP contribution is 2.39. The monoisotopic (exact) mass is 220 g/mol. The van der Waals surface area contributed by atoms with E-state index < -0.39 is 0 Å². The minimum atomic E-state index is -0.332. The van der Waals surface area contributed by atoms with E-state index in [9.17, 15) is 4.79 Å². The van der Waals surface area contributed by atoms with Gasteiger partial charge in [-0.2, -0.15) is 5.10 Å². The molecule has 2 rings (SSSR count). The van der Waals surface area contributed by atoms with Crippen LogP contribution in [-0.4, -0.2) is 15.6 Å². The molecule has 88 valence electrons. The van der Waals surface area contributed by atoms with Crippen LogP contribution in [0, 0.1) is 11.3 Å². The Morgan fingerprint density at radius 1 is 1.50 bits per heavy atom. The van der Waals surface area contributed by atoms with Gasteiger partial charge in [-0.15, -0.1) is 0 Å². The van der Waals surface area contributed by atoms with Crippen molar-refractivity contribution in [1.29, 1.82) is 0 Å². The maximum Gasteiger partial charge on any atom is 0.186 e. The number of ketones is 1. The lowest BCUT2D eigenvalue weighted by Gasteiger charge is -2.20. The SMILES string of the molecule is CC(C1CC1)n1nccc1C(=O)C(C)(C)C. The molecule has 0 saturated heterocycles. The van der Waals surface area contributed by atoms with Gasteiger partial charge in [0.15, 0.2) is 5.78 Å². The molecule has 0 aliphatic heterocycles.